The summed E-state index contributed by atoms with van der Waals surface area (Å²) < 4.78 is 5.53. The zero-order chi connectivity index (χ0) is 17.3. The van der Waals surface area contributed by atoms with Crippen molar-refractivity contribution in [2.45, 2.75) is 26.7 Å². The van der Waals surface area contributed by atoms with Crippen molar-refractivity contribution in [2.75, 3.05) is 0 Å². The molecule has 1 heterocycles. The lowest BCUT2D eigenvalue weighted by atomic mass is 9.99. The molecule has 0 unspecified atom stereocenters. The molecule has 0 amide bonds. The molecule has 1 aliphatic rings. The molecular formula is C20H20O4. The Morgan fingerprint density at radius 3 is 2.54 bits per heavy atom. The van der Waals surface area contributed by atoms with Gasteiger partial charge in [-0.2, -0.15) is 0 Å². The molecule has 0 saturated heterocycles. The summed E-state index contributed by atoms with van der Waals surface area (Å²) in [5.41, 5.74) is 2.30. The standard InChI is InChI=1S/C20H20O4/c1-12(2)9-13-3-5-14(6-4-13)16-11-24-18-8-7-15(21)10-17(22)19(18)20(16)23/h3-6,8,10-12,21-22H,7,9H2,1-2H3. The molecule has 1 aromatic heterocycles. The first-order valence-electron chi connectivity index (χ1n) is 8.00. The van der Waals surface area contributed by atoms with E-state index in [0.29, 0.717) is 11.5 Å². The van der Waals surface area contributed by atoms with Crippen molar-refractivity contribution in [3.8, 4) is 11.1 Å². The van der Waals surface area contributed by atoms with E-state index in [1.165, 1.54) is 17.9 Å². The summed E-state index contributed by atoms with van der Waals surface area (Å²) in [5.74, 6) is 0.274. The number of fused-ring (bicyclic) bond motifs is 1. The summed E-state index contributed by atoms with van der Waals surface area (Å²) in [5, 5.41) is 19.8. The van der Waals surface area contributed by atoms with Crippen LogP contribution in [-0.4, -0.2) is 10.2 Å². The molecule has 0 fully saturated rings. The molecule has 2 N–H and O–H groups in total. The van der Waals surface area contributed by atoms with Gasteiger partial charge < -0.3 is 14.6 Å². The van der Waals surface area contributed by atoms with E-state index in [4.69, 9.17) is 4.42 Å². The van der Waals surface area contributed by atoms with Gasteiger partial charge >= 0.3 is 0 Å². The maximum atomic E-state index is 12.8. The number of hydrogen-bond acceptors (Lipinski definition) is 4. The fourth-order valence-electron chi connectivity index (χ4n) is 2.85. The van der Waals surface area contributed by atoms with Crippen LogP contribution >= 0.6 is 0 Å². The monoisotopic (exact) mass is 324 g/mol. The predicted octanol–water partition coefficient (Wildman–Crippen LogP) is 2.80. The Morgan fingerprint density at radius 1 is 1.17 bits per heavy atom. The summed E-state index contributed by atoms with van der Waals surface area (Å²) in [6, 6.07) is 7.78. The van der Waals surface area contributed by atoms with Gasteiger partial charge in [0.1, 0.15) is 22.7 Å². The van der Waals surface area contributed by atoms with Gasteiger partial charge in [0, 0.05) is 12.5 Å². The highest BCUT2D eigenvalue weighted by molar-refractivity contribution is 5.64. The van der Waals surface area contributed by atoms with E-state index in [9.17, 15) is 15.0 Å². The van der Waals surface area contributed by atoms with Gasteiger partial charge in [0.05, 0.1) is 11.3 Å². The number of aliphatic hydroxyl groups excluding tert-OH is 2. The van der Waals surface area contributed by atoms with Crippen LogP contribution in [0.1, 0.15) is 25.8 Å². The zero-order valence-electron chi connectivity index (χ0n) is 13.7. The van der Waals surface area contributed by atoms with Crippen molar-refractivity contribution in [2.24, 2.45) is 5.92 Å². The van der Waals surface area contributed by atoms with Gasteiger partial charge in [0.2, 0.25) is 5.43 Å². The molecular weight excluding hydrogens is 304 g/mol. The second-order valence-corrected chi connectivity index (χ2v) is 6.44. The Labute approximate surface area is 139 Å². The average Bonchev–Trinajstić information content (AvgIpc) is 2.67. The van der Waals surface area contributed by atoms with Crippen LogP contribution in [0.5, 0.6) is 0 Å². The summed E-state index contributed by atoms with van der Waals surface area (Å²) in [6.45, 7) is 4.32. The summed E-state index contributed by atoms with van der Waals surface area (Å²) in [7, 11) is 0. The molecule has 0 bridgehead atoms. The first-order valence-corrected chi connectivity index (χ1v) is 8.00. The molecule has 0 radical (unpaired) electrons. The van der Waals surface area contributed by atoms with E-state index in [2.05, 4.69) is 13.8 Å². The number of benzene rings is 1. The van der Waals surface area contributed by atoms with E-state index in [1.807, 2.05) is 24.3 Å². The molecule has 0 saturated carbocycles. The van der Waals surface area contributed by atoms with Crippen LogP contribution in [0.2, 0.25) is 0 Å². The van der Waals surface area contributed by atoms with Gasteiger partial charge in [0.15, 0.2) is 0 Å². The molecule has 1 aromatic carbocycles. The molecule has 0 atom stereocenters. The third kappa shape index (κ3) is 3.13. The van der Waals surface area contributed by atoms with Crippen LogP contribution < -0.4 is 16.1 Å². The van der Waals surface area contributed by atoms with Crippen molar-refractivity contribution in [1.29, 1.82) is 0 Å². The minimum Gasteiger partial charge on any atom is -0.512 e. The lowest BCUT2D eigenvalue weighted by molar-refractivity contribution is 0.400. The molecule has 1 aliphatic carbocycles. The Balaban J connectivity index is 2.14. The van der Waals surface area contributed by atoms with Crippen molar-refractivity contribution in [3.05, 3.63) is 68.8 Å². The molecule has 3 rings (SSSR count). The largest absolute Gasteiger partial charge is 0.512 e. The smallest absolute Gasteiger partial charge is 0.204 e. The van der Waals surface area contributed by atoms with Crippen LogP contribution in [0.15, 0.2) is 51.6 Å². The first-order chi connectivity index (χ1) is 11.5. The number of allylic oxidation sites excluding steroid dienone is 1. The Morgan fingerprint density at radius 2 is 1.88 bits per heavy atom. The molecule has 4 heteroatoms. The number of rotatable bonds is 3. The lowest BCUT2D eigenvalue weighted by Gasteiger charge is -2.06. The van der Waals surface area contributed by atoms with Crippen molar-refractivity contribution in [1.82, 2.24) is 0 Å². The topological polar surface area (TPSA) is 70.7 Å². The highest BCUT2D eigenvalue weighted by Gasteiger charge is 2.12. The minimum atomic E-state index is -0.312. The Bertz CT molecular complexity index is 960. The summed E-state index contributed by atoms with van der Waals surface area (Å²) in [6.07, 6.45) is 5.37. The van der Waals surface area contributed by atoms with E-state index >= 15 is 0 Å². The zero-order valence-corrected chi connectivity index (χ0v) is 13.7. The van der Waals surface area contributed by atoms with Crippen LogP contribution in [0.3, 0.4) is 0 Å². The first kappa shape index (κ1) is 16.1. The van der Waals surface area contributed by atoms with E-state index in [1.54, 1.807) is 6.08 Å². The maximum absolute atomic E-state index is 12.8. The molecule has 2 aromatic rings. The van der Waals surface area contributed by atoms with Gasteiger partial charge in [-0.3, -0.25) is 4.79 Å². The predicted molar refractivity (Wildman–Crippen MR) is 94.0 cm³/mol. The number of hydrogen-bond donors (Lipinski definition) is 2. The van der Waals surface area contributed by atoms with Crippen LogP contribution in [0.4, 0.5) is 0 Å². The lowest BCUT2D eigenvalue weighted by Crippen LogP contribution is -2.40. The molecule has 124 valence electrons. The Hall–Kier alpha value is -2.75. The van der Waals surface area contributed by atoms with Crippen molar-refractivity contribution >= 4 is 11.8 Å². The molecule has 0 aliphatic heterocycles. The van der Waals surface area contributed by atoms with Gasteiger partial charge in [-0.05, 0) is 29.5 Å². The fraction of sp³-hybridized carbons (Fsp3) is 0.250. The number of aliphatic hydroxyl groups is 2. The normalized spacial score (nSPS) is 14.0. The third-order valence-corrected chi connectivity index (χ3v) is 3.99. The van der Waals surface area contributed by atoms with Crippen molar-refractivity contribution in [3.63, 3.8) is 0 Å². The molecule has 4 nitrogen and oxygen atoms in total. The quantitative estimate of drug-likeness (QED) is 0.911. The Kier molecular flexibility index (Phi) is 4.30. The second-order valence-electron chi connectivity index (χ2n) is 6.44. The summed E-state index contributed by atoms with van der Waals surface area (Å²) >= 11 is 0. The maximum Gasteiger partial charge on any atom is 0.204 e. The highest BCUT2D eigenvalue weighted by atomic mass is 16.3. The molecule has 0 spiro atoms. The highest BCUT2D eigenvalue weighted by Crippen LogP contribution is 2.17. The minimum absolute atomic E-state index is 0.0158. The van der Waals surface area contributed by atoms with Gasteiger partial charge in [-0.1, -0.05) is 38.1 Å². The molecule has 24 heavy (non-hydrogen) atoms. The summed E-state index contributed by atoms with van der Waals surface area (Å²) in [4.78, 5) is 12.8. The van der Waals surface area contributed by atoms with Crippen molar-refractivity contribution < 1.29 is 14.6 Å². The van der Waals surface area contributed by atoms with E-state index < -0.39 is 0 Å². The third-order valence-electron chi connectivity index (χ3n) is 3.99. The van der Waals surface area contributed by atoms with Gasteiger partial charge in [-0.15, -0.1) is 0 Å². The fourth-order valence-corrected chi connectivity index (χ4v) is 2.85. The SMILES string of the molecule is CC(C)Cc1ccc(-c2coc3c(c2=O)=C(O)C=C(O)CC=3)cc1. The van der Waals surface area contributed by atoms with Gasteiger partial charge in [-0.25, -0.2) is 0 Å². The van der Waals surface area contributed by atoms with Crippen LogP contribution in [-0.2, 0) is 6.42 Å². The van der Waals surface area contributed by atoms with E-state index in [0.717, 1.165) is 12.0 Å². The average molecular weight is 324 g/mol. The van der Waals surface area contributed by atoms with Gasteiger partial charge in [0.25, 0.3) is 0 Å². The second kappa shape index (κ2) is 6.40. The van der Waals surface area contributed by atoms with E-state index in [-0.39, 0.29) is 34.0 Å². The van der Waals surface area contributed by atoms with Crippen LogP contribution in [0, 0.1) is 5.92 Å². The van der Waals surface area contributed by atoms with Crippen LogP contribution in [0.25, 0.3) is 23.0 Å².